The van der Waals surface area contributed by atoms with Crippen LogP contribution in [0.2, 0.25) is 0 Å². The van der Waals surface area contributed by atoms with Crippen molar-refractivity contribution in [2.24, 2.45) is 0 Å². The van der Waals surface area contributed by atoms with E-state index in [1.807, 2.05) is 13.9 Å². The summed E-state index contributed by atoms with van der Waals surface area (Å²) < 4.78 is 5.71. The summed E-state index contributed by atoms with van der Waals surface area (Å²) in [6, 6.07) is 10.2. The molecule has 0 aliphatic carbocycles. The highest BCUT2D eigenvalue weighted by Gasteiger charge is 2.25. The molecule has 1 fully saturated rings. The van der Waals surface area contributed by atoms with Crippen LogP contribution in [-0.4, -0.2) is 24.1 Å². The van der Waals surface area contributed by atoms with Crippen LogP contribution >= 0.6 is 24.4 Å². The Hall–Kier alpha value is -2.32. The summed E-state index contributed by atoms with van der Waals surface area (Å²) in [5, 5.41) is 11.9. The third-order valence-corrected chi connectivity index (χ3v) is 4.39. The maximum absolute atomic E-state index is 11.5. The SMILES string of the molecule is Bc1cc(S)ccc1Oc1ccc(/C=C2\SC(=O)NC2=O)cc1O. The van der Waals surface area contributed by atoms with Crippen LogP contribution in [0.3, 0.4) is 0 Å². The standard InChI is InChI=1S/C16H12BNO4S2/c17-10-7-9(23)2-4-12(10)22-13-3-1-8(5-11(13)19)6-14-15(20)18-16(21)24-14/h1-7,19,23H,17H2,(H,18,20,21)/b14-6-. The molecular weight excluding hydrogens is 345 g/mol. The molecule has 0 saturated carbocycles. The molecule has 1 heterocycles. The first-order valence-electron chi connectivity index (χ1n) is 6.98. The van der Waals surface area contributed by atoms with Crippen LogP contribution < -0.4 is 15.5 Å². The van der Waals surface area contributed by atoms with Crippen molar-refractivity contribution in [1.29, 1.82) is 0 Å². The quantitative estimate of drug-likeness (QED) is 0.445. The lowest BCUT2D eigenvalue weighted by atomic mass is 9.95. The number of ether oxygens (including phenoxy) is 1. The summed E-state index contributed by atoms with van der Waals surface area (Å²) in [5.74, 6) is 0.415. The van der Waals surface area contributed by atoms with Crippen molar-refractivity contribution in [3.63, 3.8) is 0 Å². The van der Waals surface area contributed by atoms with E-state index in [9.17, 15) is 14.7 Å². The lowest BCUT2D eigenvalue weighted by molar-refractivity contribution is -0.115. The number of carbonyl (C=O) groups excluding carboxylic acids is 2. The summed E-state index contributed by atoms with van der Waals surface area (Å²) in [4.78, 5) is 23.8. The first-order chi connectivity index (χ1) is 11.4. The summed E-state index contributed by atoms with van der Waals surface area (Å²) in [6.07, 6.45) is 1.54. The Morgan fingerprint density at radius 3 is 2.54 bits per heavy atom. The van der Waals surface area contributed by atoms with Crippen LogP contribution in [0, 0.1) is 0 Å². The number of phenolic OH excluding ortho intramolecular Hbond substituents is 1. The van der Waals surface area contributed by atoms with Gasteiger partial charge < -0.3 is 9.84 Å². The van der Waals surface area contributed by atoms with Crippen LogP contribution in [0.1, 0.15) is 5.56 Å². The van der Waals surface area contributed by atoms with Gasteiger partial charge in [0.2, 0.25) is 0 Å². The van der Waals surface area contributed by atoms with Gasteiger partial charge in [-0.15, -0.1) is 12.6 Å². The van der Waals surface area contributed by atoms with E-state index in [0.29, 0.717) is 17.1 Å². The van der Waals surface area contributed by atoms with Crippen molar-refractivity contribution in [3.8, 4) is 17.2 Å². The van der Waals surface area contributed by atoms with Gasteiger partial charge in [-0.05, 0) is 53.1 Å². The average molecular weight is 357 g/mol. The van der Waals surface area contributed by atoms with E-state index in [-0.39, 0.29) is 10.7 Å². The molecule has 1 saturated heterocycles. The minimum Gasteiger partial charge on any atom is -0.504 e. The van der Waals surface area contributed by atoms with E-state index < -0.39 is 11.1 Å². The molecular formula is C16H12BNO4S2. The molecule has 0 bridgehead atoms. The lowest BCUT2D eigenvalue weighted by Gasteiger charge is -2.11. The normalized spacial score (nSPS) is 15.6. The van der Waals surface area contributed by atoms with Gasteiger partial charge in [0.15, 0.2) is 11.5 Å². The number of benzene rings is 2. The fourth-order valence-electron chi connectivity index (χ4n) is 2.15. The topological polar surface area (TPSA) is 75.6 Å². The second kappa shape index (κ2) is 6.66. The number of rotatable bonds is 3. The van der Waals surface area contributed by atoms with E-state index in [1.165, 1.54) is 12.1 Å². The second-order valence-electron chi connectivity index (χ2n) is 5.13. The van der Waals surface area contributed by atoms with Crippen molar-refractivity contribution >= 4 is 54.9 Å². The van der Waals surface area contributed by atoms with Crippen molar-refractivity contribution in [2.45, 2.75) is 4.90 Å². The molecule has 24 heavy (non-hydrogen) atoms. The van der Waals surface area contributed by atoms with Gasteiger partial charge >= 0.3 is 0 Å². The molecule has 0 unspecified atom stereocenters. The molecule has 5 nitrogen and oxygen atoms in total. The lowest BCUT2D eigenvalue weighted by Crippen LogP contribution is -2.17. The summed E-state index contributed by atoms with van der Waals surface area (Å²) >= 11 is 5.09. The Balaban J connectivity index is 1.84. The van der Waals surface area contributed by atoms with Crippen LogP contribution in [0.25, 0.3) is 6.08 Å². The number of amides is 2. The Morgan fingerprint density at radius 1 is 1.17 bits per heavy atom. The van der Waals surface area contributed by atoms with E-state index in [0.717, 1.165) is 22.1 Å². The molecule has 0 radical (unpaired) electrons. The maximum atomic E-state index is 11.5. The molecule has 2 aromatic rings. The minimum atomic E-state index is -0.438. The van der Waals surface area contributed by atoms with Crippen LogP contribution in [0.5, 0.6) is 17.2 Å². The van der Waals surface area contributed by atoms with Crippen LogP contribution in [-0.2, 0) is 4.79 Å². The molecule has 1 aliphatic heterocycles. The van der Waals surface area contributed by atoms with Gasteiger partial charge in [0.25, 0.3) is 11.1 Å². The number of aromatic hydroxyl groups is 1. The van der Waals surface area contributed by atoms with Gasteiger partial charge in [0, 0.05) is 4.90 Å². The monoisotopic (exact) mass is 357 g/mol. The highest BCUT2D eigenvalue weighted by atomic mass is 32.2. The summed E-state index contributed by atoms with van der Waals surface area (Å²) in [7, 11) is 1.89. The highest BCUT2D eigenvalue weighted by molar-refractivity contribution is 8.18. The number of carbonyl (C=O) groups is 2. The third-order valence-electron chi connectivity index (χ3n) is 3.30. The van der Waals surface area contributed by atoms with Crippen molar-refractivity contribution < 1.29 is 19.4 Å². The smallest absolute Gasteiger partial charge is 0.290 e. The molecule has 2 N–H and O–H groups in total. The van der Waals surface area contributed by atoms with Gasteiger partial charge in [-0.1, -0.05) is 12.1 Å². The van der Waals surface area contributed by atoms with E-state index in [1.54, 1.807) is 24.3 Å². The Kier molecular flexibility index (Phi) is 4.59. The number of imide groups is 1. The number of hydrogen-bond donors (Lipinski definition) is 3. The molecule has 0 aromatic heterocycles. The largest absolute Gasteiger partial charge is 0.504 e. The first kappa shape index (κ1) is 16.5. The molecule has 2 amide bonds. The zero-order valence-electron chi connectivity index (χ0n) is 12.6. The average Bonchev–Trinajstić information content (AvgIpc) is 2.82. The number of thiol groups is 1. The van der Waals surface area contributed by atoms with E-state index >= 15 is 0 Å². The molecule has 0 atom stereocenters. The van der Waals surface area contributed by atoms with Gasteiger partial charge in [0.05, 0.1) is 4.91 Å². The highest BCUT2D eigenvalue weighted by Crippen LogP contribution is 2.33. The fourth-order valence-corrected chi connectivity index (χ4v) is 3.10. The Labute approximate surface area is 148 Å². The Morgan fingerprint density at radius 2 is 1.92 bits per heavy atom. The van der Waals surface area contributed by atoms with Crippen molar-refractivity contribution in [3.05, 3.63) is 46.9 Å². The zero-order chi connectivity index (χ0) is 17.3. The van der Waals surface area contributed by atoms with Gasteiger partial charge in [0.1, 0.15) is 13.6 Å². The summed E-state index contributed by atoms with van der Waals surface area (Å²) in [5.41, 5.74) is 1.49. The first-order valence-corrected chi connectivity index (χ1v) is 8.24. The number of nitrogens with one attached hydrogen (secondary N) is 1. The second-order valence-corrected chi connectivity index (χ2v) is 6.66. The van der Waals surface area contributed by atoms with Crippen molar-refractivity contribution in [1.82, 2.24) is 5.32 Å². The molecule has 0 spiro atoms. The van der Waals surface area contributed by atoms with E-state index in [4.69, 9.17) is 4.74 Å². The number of hydrogen-bond acceptors (Lipinski definition) is 6. The summed E-state index contributed by atoms with van der Waals surface area (Å²) in [6.45, 7) is 0. The van der Waals surface area contributed by atoms with Gasteiger partial charge in [-0.3, -0.25) is 14.9 Å². The zero-order valence-corrected chi connectivity index (χ0v) is 14.3. The third kappa shape index (κ3) is 3.60. The fraction of sp³-hybridized carbons (Fsp3) is 0. The van der Waals surface area contributed by atoms with Gasteiger partial charge in [-0.25, -0.2) is 0 Å². The molecule has 8 heteroatoms. The van der Waals surface area contributed by atoms with Crippen molar-refractivity contribution in [2.75, 3.05) is 0 Å². The Bertz CT molecular complexity index is 882. The predicted octanol–water partition coefficient (Wildman–Crippen LogP) is 2.06. The molecule has 1 aliphatic rings. The van der Waals surface area contributed by atoms with Crippen LogP contribution in [0.15, 0.2) is 46.2 Å². The predicted molar refractivity (Wildman–Crippen MR) is 99.2 cm³/mol. The molecule has 120 valence electrons. The van der Waals surface area contributed by atoms with E-state index in [2.05, 4.69) is 17.9 Å². The number of thioether (sulfide) groups is 1. The van der Waals surface area contributed by atoms with Crippen LogP contribution in [0.4, 0.5) is 4.79 Å². The number of phenols is 1. The molecule has 2 aromatic carbocycles. The minimum absolute atomic E-state index is 0.0616. The van der Waals surface area contributed by atoms with Gasteiger partial charge in [-0.2, -0.15) is 0 Å². The molecule has 3 rings (SSSR count). The maximum Gasteiger partial charge on any atom is 0.290 e.